The summed E-state index contributed by atoms with van der Waals surface area (Å²) in [6.07, 6.45) is 1.14. The van der Waals surface area contributed by atoms with Crippen LogP contribution in [0.25, 0.3) is 0 Å². The summed E-state index contributed by atoms with van der Waals surface area (Å²) in [5.74, 6) is -0.199. The molecule has 0 aliphatic rings. The van der Waals surface area contributed by atoms with E-state index < -0.39 is 0 Å². The molecule has 0 saturated carbocycles. The third-order valence-electron chi connectivity index (χ3n) is 3.31. The highest BCUT2D eigenvalue weighted by Gasteiger charge is 2.14. The summed E-state index contributed by atoms with van der Waals surface area (Å²) in [5.41, 5.74) is 2.36. The lowest BCUT2D eigenvalue weighted by molar-refractivity contribution is -0.141. The Hall–Kier alpha value is -1.59. The number of ether oxygens (including phenoxy) is 2. The van der Waals surface area contributed by atoms with Gasteiger partial charge in [0, 0.05) is 39.5 Å². The van der Waals surface area contributed by atoms with Crippen LogP contribution in [0.1, 0.15) is 12.0 Å². The molecule has 1 aromatic carbocycles. The third kappa shape index (κ3) is 6.60. The molecule has 0 aliphatic heterocycles. The molecule has 0 aliphatic carbocycles. The second-order valence-corrected chi connectivity index (χ2v) is 5.19. The number of anilines is 1. The molecule has 0 saturated heterocycles. The number of nitrogens with one attached hydrogen (secondary N) is 1. The number of hydrogen-bond donors (Lipinski definition) is 1. The van der Waals surface area contributed by atoms with E-state index in [1.807, 2.05) is 14.1 Å². The van der Waals surface area contributed by atoms with Crippen LogP contribution in [0, 0.1) is 0 Å². The van der Waals surface area contributed by atoms with E-state index in [1.165, 1.54) is 12.7 Å². The Morgan fingerprint density at radius 1 is 1.24 bits per heavy atom. The molecule has 1 aromatic rings. The molecule has 0 radical (unpaired) electrons. The molecule has 5 heteroatoms. The van der Waals surface area contributed by atoms with Gasteiger partial charge in [0.05, 0.1) is 20.1 Å². The van der Waals surface area contributed by atoms with Crippen LogP contribution in [0.4, 0.5) is 5.69 Å². The normalized spacial score (nSPS) is 12.0. The Balaban J connectivity index is 2.62. The minimum atomic E-state index is -0.199. The molecule has 0 heterocycles. The molecule has 118 valence electrons. The van der Waals surface area contributed by atoms with Crippen LogP contribution in [-0.4, -0.2) is 53.5 Å². The first-order chi connectivity index (χ1) is 10.1. The van der Waals surface area contributed by atoms with Crippen LogP contribution >= 0.6 is 0 Å². The smallest absolute Gasteiger partial charge is 0.307 e. The molecule has 1 rings (SSSR count). The molecular formula is C16H26N2O3. The average Bonchev–Trinajstić information content (AvgIpc) is 2.47. The van der Waals surface area contributed by atoms with Gasteiger partial charge in [-0.05, 0) is 24.1 Å². The Morgan fingerprint density at radius 3 is 2.43 bits per heavy atom. The van der Waals surface area contributed by atoms with E-state index >= 15 is 0 Å². The van der Waals surface area contributed by atoms with E-state index in [9.17, 15) is 4.79 Å². The van der Waals surface area contributed by atoms with Gasteiger partial charge < -0.3 is 19.7 Å². The van der Waals surface area contributed by atoms with Crippen molar-refractivity contribution in [3.63, 3.8) is 0 Å². The van der Waals surface area contributed by atoms with E-state index in [-0.39, 0.29) is 12.0 Å². The molecule has 0 bridgehead atoms. The van der Waals surface area contributed by atoms with Gasteiger partial charge in [-0.1, -0.05) is 12.1 Å². The maximum Gasteiger partial charge on any atom is 0.307 e. The molecule has 1 N–H and O–H groups in total. The lowest BCUT2D eigenvalue weighted by Crippen LogP contribution is -2.35. The van der Waals surface area contributed by atoms with Gasteiger partial charge in [0.2, 0.25) is 0 Å². The van der Waals surface area contributed by atoms with Gasteiger partial charge in [0.1, 0.15) is 0 Å². The second-order valence-electron chi connectivity index (χ2n) is 5.19. The Labute approximate surface area is 127 Å². The fourth-order valence-corrected chi connectivity index (χ4v) is 2.08. The molecule has 5 nitrogen and oxygen atoms in total. The summed E-state index contributed by atoms with van der Waals surface area (Å²) in [7, 11) is 7.11. The van der Waals surface area contributed by atoms with Crippen molar-refractivity contribution in [3.05, 3.63) is 29.8 Å². The standard InChI is InChI=1S/C16H26N2O3/c1-18(2)15-7-5-13(6-8-15)11-14(12-16(19)21-4)17-9-10-20-3/h5-8,14,17H,9-12H2,1-4H3. The van der Waals surface area contributed by atoms with E-state index in [0.717, 1.165) is 12.1 Å². The first-order valence-corrected chi connectivity index (χ1v) is 7.12. The van der Waals surface area contributed by atoms with Crippen molar-refractivity contribution in [2.24, 2.45) is 0 Å². The van der Waals surface area contributed by atoms with Crippen LogP contribution in [0.5, 0.6) is 0 Å². The highest BCUT2D eigenvalue weighted by atomic mass is 16.5. The van der Waals surface area contributed by atoms with Crippen molar-refractivity contribution in [3.8, 4) is 0 Å². The van der Waals surface area contributed by atoms with Crippen LogP contribution in [-0.2, 0) is 20.7 Å². The summed E-state index contributed by atoms with van der Waals surface area (Å²) in [6.45, 7) is 1.34. The van der Waals surface area contributed by atoms with Crippen LogP contribution < -0.4 is 10.2 Å². The molecule has 0 amide bonds. The second kappa shape index (κ2) is 9.37. The maximum atomic E-state index is 11.5. The lowest BCUT2D eigenvalue weighted by atomic mass is 10.0. The monoisotopic (exact) mass is 294 g/mol. The first-order valence-electron chi connectivity index (χ1n) is 7.12. The van der Waals surface area contributed by atoms with Crippen molar-refractivity contribution in [1.29, 1.82) is 0 Å². The fraction of sp³-hybridized carbons (Fsp3) is 0.562. The third-order valence-corrected chi connectivity index (χ3v) is 3.31. The van der Waals surface area contributed by atoms with Crippen LogP contribution in [0.3, 0.4) is 0 Å². The van der Waals surface area contributed by atoms with Gasteiger partial charge in [0.25, 0.3) is 0 Å². The predicted molar refractivity (Wildman–Crippen MR) is 84.8 cm³/mol. The van der Waals surface area contributed by atoms with Crippen molar-refractivity contribution < 1.29 is 14.3 Å². The summed E-state index contributed by atoms with van der Waals surface area (Å²) in [5, 5.41) is 3.34. The van der Waals surface area contributed by atoms with Crippen molar-refractivity contribution >= 4 is 11.7 Å². The van der Waals surface area contributed by atoms with Crippen molar-refractivity contribution in [1.82, 2.24) is 5.32 Å². The highest BCUT2D eigenvalue weighted by molar-refractivity contribution is 5.70. The van der Waals surface area contributed by atoms with E-state index in [2.05, 4.69) is 34.5 Å². The number of benzene rings is 1. The molecule has 21 heavy (non-hydrogen) atoms. The van der Waals surface area contributed by atoms with E-state index in [4.69, 9.17) is 9.47 Å². The van der Waals surface area contributed by atoms with Gasteiger partial charge in [-0.3, -0.25) is 4.79 Å². The minimum absolute atomic E-state index is 0.0535. The van der Waals surface area contributed by atoms with E-state index in [0.29, 0.717) is 19.6 Å². The topological polar surface area (TPSA) is 50.8 Å². The van der Waals surface area contributed by atoms with Crippen LogP contribution in [0.2, 0.25) is 0 Å². The molecule has 1 unspecified atom stereocenters. The number of hydrogen-bond acceptors (Lipinski definition) is 5. The van der Waals surface area contributed by atoms with Gasteiger partial charge >= 0.3 is 5.97 Å². The quantitative estimate of drug-likeness (QED) is 0.552. The molecule has 0 fully saturated rings. The highest BCUT2D eigenvalue weighted by Crippen LogP contribution is 2.14. The lowest BCUT2D eigenvalue weighted by Gasteiger charge is -2.18. The molecule has 0 spiro atoms. The van der Waals surface area contributed by atoms with Crippen molar-refractivity contribution in [2.75, 3.05) is 46.4 Å². The molecular weight excluding hydrogens is 268 g/mol. The van der Waals surface area contributed by atoms with Crippen LogP contribution in [0.15, 0.2) is 24.3 Å². The zero-order valence-electron chi connectivity index (χ0n) is 13.4. The van der Waals surface area contributed by atoms with E-state index in [1.54, 1.807) is 7.11 Å². The Bertz CT molecular complexity index is 418. The number of esters is 1. The minimum Gasteiger partial charge on any atom is -0.469 e. The van der Waals surface area contributed by atoms with Gasteiger partial charge in [-0.2, -0.15) is 0 Å². The average molecular weight is 294 g/mol. The Kier molecular flexibility index (Phi) is 7.79. The summed E-state index contributed by atoms with van der Waals surface area (Å²) >= 11 is 0. The van der Waals surface area contributed by atoms with Gasteiger partial charge in [-0.25, -0.2) is 0 Å². The predicted octanol–water partition coefficient (Wildman–Crippen LogP) is 1.46. The zero-order valence-corrected chi connectivity index (χ0v) is 13.4. The number of methoxy groups -OCH3 is 2. The largest absolute Gasteiger partial charge is 0.469 e. The number of rotatable bonds is 9. The zero-order chi connectivity index (χ0) is 15.7. The summed E-state index contributed by atoms with van der Waals surface area (Å²) in [4.78, 5) is 13.6. The first kappa shape index (κ1) is 17.5. The SMILES string of the molecule is COCCNC(CC(=O)OC)Cc1ccc(N(C)C)cc1. The number of nitrogens with zero attached hydrogens (tertiary/aromatic N) is 1. The number of carbonyl (C=O) groups is 1. The Morgan fingerprint density at radius 2 is 1.90 bits per heavy atom. The summed E-state index contributed by atoms with van der Waals surface area (Å²) < 4.78 is 9.79. The van der Waals surface area contributed by atoms with Gasteiger partial charge in [-0.15, -0.1) is 0 Å². The number of carbonyl (C=O) groups excluding carboxylic acids is 1. The molecule has 0 aromatic heterocycles. The van der Waals surface area contributed by atoms with Crippen molar-refractivity contribution in [2.45, 2.75) is 18.9 Å². The summed E-state index contributed by atoms with van der Waals surface area (Å²) in [6, 6.07) is 8.41. The molecule has 1 atom stereocenters. The van der Waals surface area contributed by atoms with Gasteiger partial charge in [0.15, 0.2) is 0 Å². The fourth-order valence-electron chi connectivity index (χ4n) is 2.08. The maximum absolute atomic E-state index is 11.5.